The standard InChI is InChI=1S/C13H21ClN2O2/c1-3-6-10-13(18)16(9-5-8-14)11(7-4-2)12(17)15-10/h5,8,10-11H,3-4,6-7,9H2,1-2H3,(H,15,17)/b8-5+. The SMILES string of the molecule is CCCC1NC(=O)C(CCC)N(C/C=C/Cl)C1=O. The van der Waals surface area contributed by atoms with E-state index in [-0.39, 0.29) is 23.9 Å². The van der Waals surface area contributed by atoms with Gasteiger partial charge in [-0.1, -0.05) is 44.4 Å². The summed E-state index contributed by atoms with van der Waals surface area (Å²) in [6.07, 6.45) is 4.81. The third-order valence-electron chi connectivity index (χ3n) is 3.11. The van der Waals surface area contributed by atoms with Gasteiger partial charge in [0.1, 0.15) is 12.1 Å². The van der Waals surface area contributed by atoms with E-state index >= 15 is 0 Å². The van der Waals surface area contributed by atoms with Crippen molar-refractivity contribution in [2.24, 2.45) is 0 Å². The van der Waals surface area contributed by atoms with Crippen molar-refractivity contribution in [2.75, 3.05) is 6.54 Å². The lowest BCUT2D eigenvalue weighted by Crippen LogP contribution is -2.63. The molecule has 1 saturated heterocycles. The van der Waals surface area contributed by atoms with Gasteiger partial charge in [-0.2, -0.15) is 0 Å². The first-order chi connectivity index (χ1) is 8.65. The Labute approximate surface area is 113 Å². The normalized spacial score (nSPS) is 24.7. The van der Waals surface area contributed by atoms with E-state index in [0.29, 0.717) is 19.4 Å². The Morgan fingerprint density at radius 3 is 2.50 bits per heavy atom. The largest absolute Gasteiger partial charge is 0.343 e. The van der Waals surface area contributed by atoms with Crippen LogP contribution in [-0.4, -0.2) is 35.3 Å². The van der Waals surface area contributed by atoms with Gasteiger partial charge in [0, 0.05) is 12.1 Å². The van der Waals surface area contributed by atoms with Gasteiger partial charge in [-0.25, -0.2) is 0 Å². The van der Waals surface area contributed by atoms with Crippen LogP contribution >= 0.6 is 11.6 Å². The van der Waals surface area contributed by atoms with Crippen LogP contribution in [-0.2, 0) is 9.59 Å². The van der Waals surface area contributed by atoms with Crippen molar-refractivity contribution in [3.05, 3.63) is 11.6 Å². The average Bonchev–Trinajstić information content (AvgIpc) is 2.35. The fraction of sp³-hybridized carbons (Fsp3) is 0.692. The van der Waals surface area contributed by atoms with Crippen LogP contribution in [0.2, 0.25) is 0 Å². The molecule has 0 saturated carbocycles. The van der Waals surface area contributed by atoms with Gasteiger partial charge in [-0.3, -0.25) is 9.59 Å². The molecule has 0 aromatic heterocycles. The molecule has 0 aromatic carbocycles. The lowest BCUT2D eigenvalue weighted by Gasteiger charge is -2.38. The molecule has 5 heteroatoms. The highest BCUT2D eigenvalue weighted by atomic mass is 35.5. The van der Waals surface area contributed by atoms with Crippen LogP contribution in [0, 0.1) is 0 Å². The maximum atomic E-state index is 12.3. The number of rotatable bonds is 6. The summed E-state index contributed by atoms with van der Waals surface area (Å²) in [6.45, 7) is 4.41. The van der Waals surface area contributed by atoms with Crippen molar-refractivity contribution in [1.29, 1.82) is 0 Å². The zero-order chi connectivity index (χ0) is 13.5. The Kier molecular flexibility index (Phi) is 6.19. The van der Waals surface area contributed by atoms with Crippen LogP contribution in [0.3, 0.4) is 0 Å². The second-order valence-electron chi connectivity index (χ2n) is 4.51. The van der Waals surface area contributed by atoms with Crippen LogP contribution in [0.4, 0.5) is 0 Å². The molecule has 4 nitrogen and oxygen atoms in total. The summed E-state index contributed by atoms with van der Waals surface area (Å²) in [7, 11) is 0. The first-order valence-corrected chi connectivity index (χ1v) is 6.95. The topological polar surface area (TPSA) is 49.4 Å². The Morgan fingerprint density at radius 2 is 1.94 bits per heavy atom. The molecule has 0 spiro atoms. The van der Waals surface area contributed by atoms with E-state index in [0.717, 1.165) is 12.8 Å². The molecule has 1 aliphatic rings. The molecule has 102 valence electrons. The molecule has 0 bridgehead atoms. The molecule has 2 unspecified atom stereocenters. The minimum atomic E-state index is -0.376. The highest BCUT2D eigenvalue weighted by molar-refractivity contribution is 6.25. The fourth-order valence-corrected chi connectivity index (χ4v) is 2.32. The van der Waals surface area contributed by atoms with E-state index in [9.17, 15) is 9.59 Å². The molecule has 18 heavy (non-hydrogen) atoms. The third-order valence-corrected chi connectivity index (χ3v) is 3.29. The zero-order valence-corrected chi connectivity index (χ0v) is 11.7. The predicted octanol–water partition coefficient (Wildman–Crippen LogP) is 2.03. The average molecular weight is 273 g/mol. The molecule has 1 fully saturated rings. The van der Waals surface area contributed by atoms with Crippen molar-refractivity contribution in [3.63, 3.8) is 0 Å². The summed E-state index contributed by atoms with van der Waals surface area (Å²) in [5, 5.41) is 2.82. The van der Waals surface area contributed by atoms with Crippen LogP contribution < -0.4 is 5.32 Å². The number of hydrogen-bond acceptors (Lipinski definition) is 2. The molecule has 2 atom stereocenters. The second kappa shape index (κ2) is 7.41. The highest BCUT2D eigenvalue weighted by Crippen LogP contribution is 2.17. The van der Waals surface area contributed by atoms with E-state index < -0.39 is 0 Å². The first kappa shape index (κ1) is 15.0. The number of carbonyl (C=O) groups excluding carboxylic acids is 2. The van der Waals surface area contributed by atoms with E-state index in [4.69, 9.17) is 11.6 Å². The van der Waals surface area contributed by atoms with Gasteiger partial charge < -0.3 is 10.2 Å². The smallest absolute Gasteiger partial charge is 0.246 e. The highest BCUT2D eigenvalue weighted by Gasteiger charge is 2.38. The lowest BCUT2D eigenvalue weighted by molar-refractivity contribution is -0.149. The van der Waals surface area contributed by atoms with Crippen molar-refractivity contribution >= 4 is 23.4 Å². The minimum absolute atomic E-state index is 0.00432. The molecule has 1 aliphatic heterocycles. The summed E-state index contributed by atoms with van der Waals surface area (Å²) < 4.78 is 0. The van der Waals surface area contributed by atoms with Crippen molar-refractivity contribution < 1.29 is 9.59 Å². The van der Waals surface area contributed by atoms with Crippen LogP contribution in [0.1, 0.15) is 39.5 Å². The zero-order valence-electron chi connectivity index (χ0n) is 11.0. The molecule has 1 heterocycles. The van der Waals surface area contributed by atoms with Crippen LogP contribution in [0.15, 0.2) is 11.6 Å². The molecule has 1 rings (SSSR count). The van der Waals surface area contributed by atoms with E-state index in [1.54, 1.807) is 11.0 Å². The summed E-state index contributed by atoms with van der Waals surface area (Å²) in [5.74, 6) is -0.0393. The monoisotopic (exact) mass is 272 g/mol. The van der Waals surface area contributed by atoms with Gasteiger partial charge >= 0.3 is 0 Å². The number of amides is 2. The second-order valence-corrected chi connectivity index (χ2v) is 4.76. The van der Waals surface area contributed by atoms with E-state index in [1.165, 1.54) is 5.54 Å². The van der Waals surface area contributed by atoms with Gasteiger partial charge in [0.25, 0.3) is 0 Å². The quantitative estimate of drug-likeness (QED) is 0.804. The molecular formula is C13H21ClN2O2. The minimum Gasteiger partial charge on any atom is -0.343 e. The van der Waals surface area contributed by atoms with Crippen molar-refractivity contribution in [2.45, 2.75) is 51.6 Å². The van der Waals surface area contributed by atoms with E-state index in [2.05, 4.69) is 5.32 Å². The predicted molar refractivity (Wildman–Crippen MR) is 72.2 cm³/mol. The van der Waals surface area contributed by atoms with Crippen LogP contribution in [0.5, 0.6) is 0 Å². The summed E-state index contributed by atoms with van der Waals surface area (Å²) >= 11 is 5.51. The number of halogens is 1. The summed E-state index contributed by atoms with van der Waals surface area (Å²) in [4.78, 5) is 26.0. The maximum absolute atomic E-state index is 12.3. The van der Waals surface area contributed by atoms with E-state index in [1.807, 2.05) is 13.8 Å². The van der Waals surface area contributed by atoms with Gasteiger partial charge in [0.05, 0.1) is 0 Å². The molecule has 0 radical (unpaired) electrons. The molecular weight excluding hydrogens is 252 g/mol. The van der Waals surface area contributed by atoms with Gasteiger partial charge in [-0.15, -0.1) is 0 Å². The Bertz CT molecular complexity index is 331. The molecule has 1 N–H and O–H groups in total. The maximum Gasteiger partial charge on any atom is 0.246 e. The van der Waals surface area contributed by atoms with Crippen LogP contribution in [0.25, 0.3) is 0 Å². The Morgan fingerprint density at radius 1 is 1.28 bits per heavy atom. The number of piperazine rings is 1. The van der Waals surface area contributed by atoms with Gasteiger partial charge in [0.2, 0.25) is 11.8 Å². The number of nitrogens with zero attached hydrogens (tertiary/aromatic N) is 1. The lowest BCUT2D eigenvalue weighted by atomic mass is 10.0. The van der Waals surface area contributed by atoms with Crippen molar-refractivity contribution in [3.8, 4) is 0 Å². The third kappa shape index (κ3) is 3.48. The molecule has 0 aliphatic carbocycles. The summed E-state index contributed by atoms with van der Waals surface area (Å²) in [5.41, 5.74) is 1.39. The number of nitrogens with one attached hydrogen (secondary N) is 1. The van der Waals surface area contributed by atoms with Gasteiger partial charge in [-0.05, 0) is 12.8 Å². The fourth-order valence-electron chi connectivity index (χ4n) is 2.24. The first-order valence-electron chi connectivity index (χ1n) is 6.51. The van der Waals surface area contributed by atoms with Gasteiger partial charge in [0.15, 0.2) is 0 Å². The van der Waals surface area contributed by atoms with Crippen molar-refractivity contribution in [1.82, 2.24) is 10.2 Å². The number of hydrogen-bond donors (Lipinski definition) is 1. The Hall–Kier alpha value is -1.03. The summed E-state index contributed by atoms with van der Waals surface area (Å²) in [6, 6.07) is -0.734. The molecule has 0 aromatic rings. The Balaban J connectivity index is 2.85. The molecule has 2 amide bonds. The number of carbonyl (C=O) groups is 2.